The summed E-state index contributed by atoms with van der Waals surface area (Å²) in [5.41, 5.74) is 1.98. The van der Waals surface area contributed by atoms with Crippen LogP contribution in [0.25, 0.3) is 0 Å². The zero-order valence-corrected chi connectivity index (χ0v) is 15.5. The Morgan fingerprint density at radius 1 is 0.864 bits per heavy atom. The molecule has 0 aliphatic rings. The second-order valence-electron chi connectivity index (χ2n) is 4.76. The van der Waals surface area contributed by atoms with E-state index in [4.69, 9.17) is 22.8 Å². The summed E-state index contributed by atoms with van der Waals surface area (Å²) >= 11 is 0. The summed E-state index contributed by atoms with van der Waals surface area (Å²) in [6.45, 7) is 9.49. The lowest BCUT2D eigenvalue weighted by Gasteiger charge is -2.29. The van der Waals surface area contributed by atoms with Gasteiger partial charge in [-0.25, -0.2) is 0 Å². The Morgan fingerprint density at radius 2 is 1.41 bits per heavy atom. The molecule has 5 nitrogen and oxygen atoms in total. The minimum absolute atomic E-state index is 0.524. The van der Waals surface area contributed by atoms with Crippen LogP contribution >= 0.6 is 0 Å². The van der Waals surface area contributed by atoms with Crippen molar-refractivity contribution < 1.29 is 22.8 Å². The van der Waals surface area contributed by atoms with Gasteiger partial charge in [0.25, 0.3) is 0 Å². The van der Waals surface area contributed by atoms with E-state index in [2.05, 4.69) is 0 Å². The monoisotopic (exact) mass is 328 g/mol. The molecule has 0 N–H and O–H groups in total. The van der Waals surface area contributed by atoms with E-state index in [0.29, 0.717) is 25.9 Å². The van der Waals surface area contributed by atoms with Crippen molar-refractivity contribution in [2.24, 2.45) is 0 Å². The molecule has 0 atom stereocenters. The lowest BCUT2D eigenvalue weighted by molar-refractivity contribution is 0.0700. The van der Waals surface area contributed by atoms with E-state index in [-0.39, 0.29) is 0 Å². The maximum atomic E-state index is 5.94. The van der Waals surface area contributed by atoms with E-state index in [1.807, 2.05) is 39.8 Å². The van der Waals surface area contributed by atoms with Crippen LogP contribution in [0.1, 0.15) is 31.9 Å². The molecule has 1 aromatic carbocycles. The zero-order chi connectivity index (χ0) is 16.6. The summed E-state index contributed by atoms with van der Waals surface area (Å²) in [5, 5.41) is 0. The number of hydrogen-bond donors (Lipinski definition) is 0. The van der Waals surface area contributed by atoms with Gasteiger partial charge in [0.1, 0.15) is 11.5 Å². The molecule has 6 heteroatoms. The van der Waals surface area contributed by atoms with Crippen molar-refractivity contribution in [3.63, 3.8) is 0 Å². The third-order valence-corrected chi connectivity index (χ3v) is 6.30. The Labute approximate surface area is 134 Å². The van der Waals surface area contributed by atoms with E-state index >= 15 is 0 Å². The average molecular weight is 328 g/mol. The molecule has 1 rings (SSSR count). The maximum absolute atomic E-state index is 5.94. The Morgan fingerprint density at radius 3 is 1.82 bits per heavy atom. The van der Waals surface area contributed by atoms with Gasteiger partial charge in [-0.2, -0.15) is 0 Å². The lowest BCUT2D eigenvalue weighted by Crippen LogP contribution is -2.48. The molecule has 0 fully saturated rings. The van der Waals surface area contributed by atoms with Crippen LogP contribution in [-0.2, 0) is 19.3 Å². The van der Waals surface area contributed by atoms with Crippen LogP contribution in [-0.4, -0.2) is 42.8 Å². The third kappa shape index (κ3) is 4.46. The second-order valence-corrected chi connectivity index (χ2v) is 7.34. The van der Waals surface area contributed by atoms with E-state index in [0.717, 1.165) is 22.6 Å². The van der Waals surface area contributed by atoms with E-state index in [1.165, 1.54) is 0 Å². The Bertz CT molecular complexity index is 447. The van der Waals surface area contributed by atoms with Gasteiger partial charge in [-0.15, -0.1) is 0 Å². The number of aryl methyl sites for hydroxylation is 1. The highest BCUT2D eigenvalue weighted by molar-refractivity contribution is 6.60. The fourth-order valence-electron chi connectivity index (χ4n) is 2.52. The van der Waals surface area contributed by atoms with Gasteiger partial charge in [-0.3, -0.25) is 0 Å². The normalized spacial score (nSPS) is 11.5. The van der Waals surface area contributed by atoms with Crippen LogP contribution in [0, 0.1) is 6.92 Å². The van der Waals surface area contributed by atoms with Crippen LogP contribution < -0.4 is 9.47 Å². The standard InChI is InChI=1S/C16H28O5Si/c1-7-19-22(20-8-2,21-9-3)12-14-15(17-5)11-10-13(4)16(14)18-6/h10-11H,7-9,12H2,1-6H3. The molecule has 0 bridgehead atoms. The van der Waals surface area contributed by atoms with Crippen LogP contribution in [0.15, 0.2) is 12.1 Å². The second kappa shape index (κ2) is 9.15. The first-order valence-corrected chi connectivity index (χ1v) is 9.62. The highest BCUT2D eigenvalue weighted by Crippen LogP contribution is 2.35. The van der Waals surface area contributed by atoms with Gasteiger partial charge < -0.3 is 22.8 Å². The highest BCUT2D eigenvalue weighted by atomic mass is 28.4. The SMILES string of the molecule is CCO[Si](Cc1c(OC)ccc(C)c1OC)(OCC)OCC. The number of ether oxygens (including phenoxy) is 2. The molecule has 0 amide bonds. The van der Waals surface area contributed by atoms with Gasteiger partial charge in [0.2, 0.25) is 0 Å². The van der Waals surface area contributed by atoms with Gasteiger partial charge in [0, 0.05) is 25.4 Å². The molecule has 0 radical (unpaired) electrons. The largest absolute Gasteiger partial charge is 0.505 e. The minimum atomic E-state index is -2.81. The Balaban J connectivity index is 3.28. The van der Waals surface area contributed by atoms with Gasteiger partial charge in [0.05, 0.1) is 20.3 Å². The highest BCUT2D eigenvalue weighted by Gasteiger charge is 2.42. The fourth-order valence-corrected chi connectivity index (χ4v) is 5.17. The topological polar surface area (TPSA) is 46.2 Å². The molecule has 0 aliphatic carbocycles. The van der Waals surface area contributed by atoms with E-state index < -0.39 is 8.80 Å². The average Bonchev–Trinajstić information content (AvgIpc) is 2.48. The van der Waals surface area contributed by atoms with Crippen molar-refractivity contribution in [3.05, 3.63) is 23.3 Å². The molecule has 126 valence electrons. The smallest absolute Gasteiger partial charge is 0.496 e. The first-order valence-electron chi connectivity index (χ1n) is 7.69. The van der Waals surface area contributed by atoms with Crippen LogP contribution in [0.4, 0.5) is 0 Å². The Kier molecular flexibility index (Phi) is 7.88. The number of rotatable bonds is 10. The van der Waals surface area contributed by atoms with Crippen LogP contribution in [0.3, 0.4) is 0 Å². The quantitative estimate of drug-likeness (QED) is 0.618. The molecule has 1 aromatic rings. The molecular formula is C16H28O5Si. The van der Waals surface area contributed by atoms with Crippen molar-refractivity contribution in [3.8, 4) is 11.5 Å². The molecule has 0 unspecified atom stereocenters. The van der Waals surface area contributed by atoms with Crippen LogP contribution in [0.2, 0.25) is 0 Å². The molecule has 22 heavy (non-hydrogen) atoms. The third-order valence-electron chi connectivity index (χ3n) is 3.32. The summed E-state index contributed by atoms with van der Waals surface area (Å²) in [6.07, 6.45) is 0. The van der Waals surface area contributed by atoms with Gasteiger partial charge in [-0.05, 0) is 39.3 Å². The summed E-state index contributed by atoms with van der Waals surface area (Å²) in [6, 6.07) is 4.44. The lowest BCUT2D eigenvalue weighted by atomic mass is 10.1. The molecule has 0 saturated heterocycles. The molecule has 0 heterocycles. The number of methoxy groups -OCH3 is 2. The maximum Gasteiger partial charge on any atom is 0.505 e. The first kappa shape index (κ1) is 19.0. The number of hydrogen-bond acceptors (Lipinski definition) is 5. The summed E-state index contributed by atoms with van der Waals surface area (Å²) < 4.78 is 28.9. The molecule has 0 aromatic heterocycles. The first-order chi connectivity index (χ1) is 10.6. The van der Waals surface area contributed by atoms with Crippen molar-refractivity contribution in [1.82, 2.24) is 0 Å². The molecular weight excluding hydrogens is 300 g/mol. The van der Waals surface area contributed by atoms with Crippen molar-refractivity contribution in [2.45, 2.75) is 33.7 Å². The molecule has 0 saturated carbocycles. The summed E-state index contributed by atoms with van der Waals surface area (Å²) in [4.78, 5) is 0. The zero-order valence-electron chi connectivity index (χ0n) is 14.5. The molecule has 0 spiro atoms. The Hall–Kier alpha value is -1.08. The van der Waals surface area contributed by atoms with Gasteiger partial charge in [-0.1, -0.05) is 6.07 Å². The summed E-state index contributed by atoms with van der Waals surface area (Å²) in [5.74, 6) is 1.56. The fraction of sp³-hybridized carbons (Fsp3) is 0.625. The molecule has 0 aliphatic heterocycles. The van der Waals surface area contributed by atoms with E-state index in [9.17, 15) is 0 Å². The van der Waals surface area contributed by atoms with Crippen molar-refractivity contribution in [1.29, 1.82) is 0 Å². The van der Waals surface area contributed by atoms with Gasteiger partial charge in [0.15, 0.2) is 0 Å². The van der Waals surface area contributed by atoms with Gasteiger partial charge >= 0.3 is 8.80 Å². The number of benzene rings is 1. The van der Waals surface area contributed by atoms with E-state index in [1.54, 1.807) is 14.2 Å². The van der Waals surface area contributed by atoms with Crippen molar-refractivity contribution >= 4 is 8.80 Å². The van der Waals surface area contributed by atoms with Crippen LogP contribution in [0.5, 0.6) is 11.5 Å². The predicted octanol–water partition coefficient (Wildman–Crippen LogP) is 3.14. The van der Waals surface area contributed by atoms with Crippen molar-refractivity contribution in [2.75, 3.05) is 34.0 Å². The minimum Gasteiger partial charge on any atom is -0.496 e. The predicted molar refractivity (Wildman–Crippen MR) is 88.6 cm³/mol. The summed E-state index contributed by atoms with van der Waals surface area (Å²) in [7, 11) is 0.500.